The van der Waals surface area contributed by atoms with Crippen molar-refractivity contribution in [3.63, 3.8) is 0 Å². The number of hydrogen-bond donors (Lipinski definition) is 0. The van der Waals surface area contributed by atoms with E-state index < -0.39 is 0 Å². The summed E-state index contributed by atoms with van der Waals surface area (Å²) in [4.78, 5) is 12.2. The van der Waals surface area contributed by atoms with Crippen LogP contribution in [0.25, 0.3) is 6.08 Å². The Hall–Kier alpha value is -2.35. The van der Waals surface area contributed by atoms with Gasteiger partial charge in [0.25, 0.3) is 0 Å². The molecule has 2 heteroatoms. The van der Waals surface area contributed by atoms with E-state index in [1.165, 1.54) is 5.56 Å². The van der Waals surface area contributed by atoms with Gasteiger partial charge in [-0.05, 0) is 42.5 Å². The van der Waals surface area contributed by atoms with Crippen LogP contribution in [0.3, 0.4) is 0 Å². The van der Waals surface area contributed by atoms with Crippen LogP contribution in [0.2, 0.25) is 0 Å². The Kier molecular flexibility index (Phi) is 4.15. The quantitative estimate of drug-likeness (QED) is 0.618. The molecule has 0 N–H and O–H groups in total. The van der Waals surface area contributed by atoms with Crippen molar-refractivity contribution in [1.82, 2.24) is 0 Å². The fraction of sp³-hybridized carbons (Fsp3) is 0.211. The zero-order chi connectivity index (χ0) is 14.5. The summed E-state index contributed by atoms with van der Waals surface area (Å²) in [5.74, 6) is 0.876. The molecule has 2 aromatic rings. The summed E-state index contributed by atoms with van der Waals surface area (Å²) >= 11 is 0. The molecule has 0 unspecified atom stereocenters. The van der Waals surface area contributed by atoms with Gasteiger partial charge in [-0.1, -0.05) is 48.5 Å². The predicted molar refractivity (Wildman–Crippen MR) is 84.7 cm³/mol. The third-order valence-electron chi connectivity index (χ3n) is 3.68. The molecule has 0 spiro atoms. The Morgan fingerprint density at radius 2 is 1.90 bits per heavy atom. The molecule has 1 heterocycles. The van der Waals surface area contributed by atoms with Crippen LogP contribution in [-0.4, -0.2) is 12.4 Å². The van der Waals surface area contributed by atoms with Crippen LogP contribution >= 0.6 is 0 Å². The van der Waals surface area contributed by atoms with Crippen molar-refractivity contribution in [2.24, 2.45) is 0 Å². The van der Waals surface area contributed by atoms with E-state index in [4.69, 9.17) is 4.74 Å². The van der Waals surface area contributed by atoms with Crippen molar-refractivity contribution >= 4 is 11.9 Å². The van der Waals surface area contributed by atoms with Gasteiger partial charge in [-0.15, -0.1) is 0 Å². The number of ether oxygens (including phenoxy) is 1. The molecular weight excluding hydrogens is 260 g/mol. The lowest BCUT2D eigenvalue weighted by Crippen LogP contribution is -1.99. The first-order valence-corrected chi connectivity index (χ1v) is 7.36. The Labute approximate surface area is 125 Å². The lowest BCUT2D eigenvalue weighted by atomic mass is 10.0. The fourth-order valence-electron chi connectivity index (χ4n) is 2.48. The second-order valence-electron chi connectivity index (χ2n) is 5.24. The van der Waals surface area contributed by atoms with Crippen LogP contribution in [0.1, 0.15) is 34.3 Å². The minimum Gasteiger partial charge on any atom is -0.493 e. The van der Waals surface area contributed by atoms with Crippen LogP contribution in [0.5, 0.6) is 5.75 Å². The molecule has 21 heavy (non-hydrogen) atoms. The smallest absolute Gasteiger partial charge is 0.185 e. The minimum atomic E-state index is 0.00880. The van der Waals surface area contributed by atoms with E-state index in [0.29, 0.717) is 5.56 Å². The first kappa shape index (κ1) is 13.6. The third-order valence-corrected chi connectivity index (χ3v) is 3.68. The maximum absolute atomic E-state index is 12.2. The van der Waals surface area contributed by atoms with Crippen LogP contribution in [0.4, 0.5) is 0 Å². The van der Waals surface area contributed by atoms with Crippen molar-refractivity contribution in [1.29, 1.82) is 0 Å². The van der Waals surface area contributed by atoms with Gasteiger partial charge >= 0.3 is 0 Å². The highest BCUT2D eigenvalue weighted by molar-refractivity contribution is 6.07. The number of hydrogen-bond acceptors (Lipinski definition) is 2. The molecule has 0 atom stereocenters. The second kappa shape index (κ2) is 6.40. The number of allylic oxidation sites excluding steroid dienone is 1. The van der Waals surface area contributed by atoms with Crippen molar-refractivity contribution in [3.05, 3.63) is 71.3 Å². The van der Waals surface area contributed by atoms with E-state index in [0.717, 1.165) is 37.2 Å². The highest BCUT2D eigenvalue weighted by Gasteiger charge is 2.11. The first-order chi connectivity index (χ1) is 10.3. The predicted octanol–water partition coefficient (Wildman–Crippen LogP) is 4.30. The van der Waals surface area contributed by atoms with E-state index in [9.17, 15) is 4.79 Å². The zero-order valence-electron chi connectivity index (χ0n) is 11.9. The van der Waals surface area contributed by atoms with Gasteiger partial charge in [0.2, 0.25) is 0 Å². The Balaban J connectivity index is 1.79. The molecule has 0 amide bonds. The van der Waals surface area contributed by atoms with Gasteiger partial charge in [0.1, 0.15) is 5.75 Å². The number of benzene rings is 2. The van der Waals surface area contributed by atoms with Crippen molar-refractivity contribution in [2.45, 2.75) is 19.3 Å². The summed E-state index contributed by atoms with van der Waals surface area (Å²) in [5, 5.41) is 0. The fourth-order valence-corrected chi connectivity index (χ4v) is 2.48. The average molecular weight is 278 g/mol. The molecular formula is C19H18O2. The molecule has 0 fully saturated rings. The zero-order valence-corrected chi connectivity index (χ0v) is 11.9. The number of carbonyl (C=O) groups excluding carboxylic acids is 1. The lowest BCUT2D eigenvalue weighted by Gasteiger charge is -2.08. The van der Waals surface area contributed by atoms with E-state index in [1.54, 1.807) is 6.08 Å². The SMILES string of the molecule is O=C(C=Cc1ccccc1)c1ccc2c(c1)OCCCC2. The van der Waals surface area contributed by atoms with Gasteiger partial charge in [-0.25, -0.2) is 0 Å². The molecule has 2 nitrogen and oxygen atoms in total. The van der Waals surface area contributed by atoms with Gasteiger partial charge < -0.3 is 4.74 Å². The normalized spacial score (nSPS) is 14.3. The maximum atomic E-state index is 12.2. The molecule has 106 valence electrons. The summed E-state index contributed by atoms with van der Waals surface area (Å²) in [7, 11) is 0. The van der Waals surface area contributed by atoms with Crippen molar-refractivity contribution in [3.8, 4) is 5.75 Å². The van der Waals surface area contributed by atoms with Crippen LogP contribution in [0, 0.1) is 0 Å². The van der Waals surface area contributed by atoms with E-state index >= 15 is 0 Å². The monoisotopic (exact) mass is 278 g/mol. The van der Waals surface area contributed by atoms with Crippen LogP contribution < -0.4 is 4.74 Å². The van der Waals surface area contributed by atoms with E-state index in [1.807, 2.05) is 54.6 Å². The number of carbonyl (C=O) groups is 1. The molecule has 0 aliphatic carbocycles. The van der Waals surface area contributed by atoms with Gasteiger partial charge in [0.05, 0.1) is 6.61 Å². The Morgan fingerprint density at radius 3 is 2.76 bits per heavy atom. The molecule has 0 bridgehead atoms. The van der Waals surface area contributed by atoms with Crippen molar-refractivity contribution < 1.29 is 9.53 Å². The van der Waals surface area contributed by atoms with Gasteiger partial charge in [-0.3, -0.25) is 4.79 Å². The molecule has 0 saturated carbocycles. The summed E-state index contributed by atoms with van der Waals surface area (Å²) < 4.78 is 5.73. The first-order valence-electron chi connectivity index (χ1n) is 7.36. The molecule has 0 radical (unpaired) electrons. The van der Waals surface area contributed by atoms with Crippen LogP contribution in [0.15, 0.2) is 54.6 Å². The van der Waals surface area contributed by atoms with E-state index in [2.05, 4.69) is 0 Å². The highest BCUT2D eigenvalue weighted by atomic mass is 16.5. The van der Waals surface area contributed by atoms with Gasteiger partial charge in [0.15, 0.2) is 5.78 Å². The minimum absolute atomic E-state index is 0.00880. The maximum Gasteiger partial charge on any atom is 0.185 e. The summed E-state index contributed by atoms with van der Waals surface area (Å²) in [5.41, 5.74) is 2.91. The molecule has 0 aromatic heterocycles. The third kappa shape index (κ3) is 3.40. The number of ketones is 1. The highest BCUT2D eigenvalue weighted by Crippen LogP contribution is 2.25. The number of rotatable bonds is 3. The number of aryl methyl sites for hydroxylation is 1. The Morgan fingerprint density at radius 1 is 1.05 bits per heavy atom. The molecule has 1 aliphatic heterocycles. The Bertz CT molecular complexity index is 657. The van der Waals surface area contributed by atoms with E-state index in [-0.39, 0.29) is 5.78 Å². The lowest BCUT2D eigenvalue weighted by molar-refractivity contribution is 0.104. The number of fused-ring (bicyclic) bond motifs is 1. The summed E-state index contributed by atoms with van der Waals surface area (Å²) in [6, 6.07) is 15.6. The second-order valence-corrected chi connectivity index (χ2v) is 5.24. The molecule has 3 rings (SSSR count). The molecule has 2 aromatic carbocycles. The topological polar surface area (TPSA) is 26.3 Å². The van der Waals surface area contributed by atoms with Gasteiger partial charge in [-0.2, -0.15) is 0 Å². The molecule has 1 aliphatic rings. The average Bonchev–Trinajstić information content (AvgIpc) is 2.78. The molecule has 0 saturated heterocycles. The standard InChI is InChI=1S/C19H18O2/c20-18(12-9-15-6-2-1-3-7-15)17-11-10-16-8-4-5-13-21-19(16)14-17/h1-3,6-7,9-12,14H,4-5,8,13H2. The largest absolute Gasteiger partial charge is 0.493 e. The summed E-state index contributed by atoms with van der Waals surface area (Å²) in [6.45, 7) is 0.741. The summed E-state index contributed by atoms with van der Waals surface area (Å²) in [6.07, 6.45) is 6.71. The van der Waals surface area contributed by atoms with Crippen LogP contribution in [-0.2, 0) is 6.42 Å². The van der Waals surface area contributed by atoms with Crippen molar-refractivity contribution in [2.75, 3.05) is 6.61 Å². The van der Waals surface area contributed by atoms with Gasteiger partial charge in [0, 0.05) is 5.56 Å².